The van der Waals surface area contributed by atoms with E-state index in [0.29, 0.717) is 48.9 Å². The second-order valence-corrected chi connectivity index (χ2v) is 11.5. The first-order chi connectivity index (χ1) is 20.4. The van der Waals surface area contributed by atoms with E-state index in [9.17, 15) is 9.59 Å². The van der Waals surface area contributed by atoms with Gasteiger partial charge in [0.15, 0.2) is 5.65 Å². The Morgan fingerprint density at radius 2 is 1.86 bits per heavy atom. The lowest BCUT2D eigenvalue weighted by atomic mass is 10.0. The van der Waals surface area contributed by atoms with E-state index >= 15 is 0 Å². The Balaban J connectivity index is 1.52. The van der Waals surface area contributed by atoms with Gasteiger partial charge in [-0.2, -0.15) is 5.10 Å². The smallest absolute Gasteiger partial charge is 0.251 e. The lowest BCUT2D eigenvalue weighted by Crippen LogP contribution is -2.57. The van der Waals surface area contributed by atoms with Crippen LogP contribution in [0.1, 0.15) is 51.4 Å². The fourth-order valence-electron chi connectivity index (χ4n) is 5.53. The molecule has 1 aliphatic rings. The number of nitrogens with one attached hydrogen (secondary N) is 1. The molecule has 222 valence electrons. The van der Waals surface area contributed by atoms with Crippen LogP contribution in [-0.4, -0.2) is 92.5 Å². The number of fused-ring (bicyclic) bond motifs is 1. The summed E-state index contributed by atoms with van der Waals surface area (Å²) in [6.45, 7) is 14.7. The molecule has 0 aromatic carbocycles. The van der Waals surface area contributed by atoms with Gasteiger partial charge in [0, 0.05) is 44.0 Å². The number of rotatable bonds is 12. The van der Waals surface area contributed by atoms with E-state index in [1.165, 1.54) is 0 Å². The van der Waals surface area contributed by atoms with Gasteiger partial charge < -0.3 is 15.1 Å². The highest BCUT2D eigenvalue weighted by Gasteiger charge is 2.37. The van der Waals surface area contributed by atoms with Crippen molar-refractivity contribution in [3.05, 3.63) is 53.7 Å². The maximum absolute atomic E-state index is 13.6. The van der Waals surface area contributed by atoms with Crippen LogP contribution in [0.5, 0.6) is 0 Å². The summed E-state index contributed by atoms with van der Waals surface area (Å²) in [4.78, 5) is 44.0. The maximum Gasteiger partial charge on any atom is 0.251 e. The third-order valence-electron chi connectivity index (χ3n) is 8.16. The van der Waals surface area contributed by atoms with Gasteiger partial charge in [-0.15, -0.1) is 11.3 Å². The molecule has 2 amide bonds. The highest BCUT2D eigenvalue weighted by atomic mass is 32.1. The van der Waals surface area contributed by atoms with E-state index in [1.54, 1.807) is 34.2 Å². The Morgan fingerprint density at radius 1 is 1.07 bits per heavy atom. The largest absolute Gasteiger partial charge is 0.350 e. The summed E-state index contributed by atoms with van der Waals surface area (Å²) in [7, 11) is 0. The van der Waals surface area contributed by atoms with Crippen LogP contribution in [-0.2, 0) is 4.79 Å². The number of carbonyl (C=O) groups is 2. The van der Waals surface area contributed by atoms with Crippen LogP contribution in [0.25, 0.3) is 27.5 Å². The average Bonchev–Trinajstić information content (AvgIpc) is 3.67. The predicted octanol–water partition coefficient (Wildman–Crippen LogP) is 4.43. The number of anilines is 1. The Bertz CT molecular complexity index is 1530. The zero-order valence-corrected chi connectivity index (χ0v) is 25.9. The molecule has 0 spiro atoms. The standard InChI is InChI=1S/C31H40N8O2S/c1-6-36(7-2)21(5)19-32-30(40)22-17-25(34-28(18-22)38-14-13-26(38)31(41)37(8-3)9-4)23-20-33-39-15-12-24(35-29(23)39)27-11-10-16-42-27/h10-12,15-18,20-21,26H,6-9,13-14,19H2,1-5H3,(H,32,40). The molecule has 0 bridgehead atoms. The summed E-state index contributed by atoms with van der Waals surface area (Å²) in [5.41, 5.74) is 3.34. The van der Waals surface area contributed by atoms with Crippen LogP contribution in [0.15, 0.2) is 48.1 Å². The van der Waals surface area contributed by atoms with Crippen LogP contribution in [0, 0.1) is 0 Å². The highest BCUT2D eigenvalue weighted by Crippen LogP contribution is 2.32. The quantitative estimate of drug-likeness (QED) is 0.262. The van der Waals surface area contributed by atoms with Gasteiger partial charge >= 0.3 is 0 Å². The number of carbonyl (C=O) groups excluding carboxylic acids is 2. The molecule has 1 N–H and O–H groups in total. The van der Waals surface area contributed by atoms with E-state index in [-0.39, 0.29) is 23.9 Å². The fraction of sp³-hybridized carbons (Fsp3) is 0.452. The molecular weight excluding hydrogens is 548 g/mol. The minimum absolute atomic E-state index is 0.0933. The summed E-state index contributed by atoms with van der Waals surface area (Å²) in [5, 5.41) is 9.67. The van der Waals surface area contributed by atoms with Gasteiger partial charge in [-0.1, -0.05) is 19.9 Å². The van der Waals surface area contributed by atoms with Gasteiger partial charge in [-0.3, -0.25) is 14.5 Å². The van der Waals surface area contributed by atoms with Gasteiger partial charge in [0.1, 0.15) is 11.9 Å². The molecular formula is C31H40N8O2S. The van der Waals surface area contributed by atoms with Crippen molar-refractivity contribution in [3.63, 3.8) is 0 Å². The second-order valence-electron chi connectivity index (χ2n) is 10.5. The van der Waals surface area contributed by atoms with Crippen molar-refractivity contribution in [2.75, 3.05) is 44.2 Å². The van der Waals surface area contributed by atoms with Gasteiger partial charge in [0.05, 0.1) is 28.0 Å². The first-order valence-electron chi connectivity index (χ1n) is 14.9. The number of amides is 2. The molecule has 42 heavy (non-hydrogen) atoms. The van der Waals surface area contributed by atoms with Crippen molar-refractivity contribution in [1.29, 1.82) is 0 Å². The molecule has 5 heterocycles. The van der Waals surface area contributed by atoms with Crippen LogP contribution in [0.2, 0.25) is 0 Å². The van der Waals surface area contributed by atoms with Crippen LogP contribution < -0.4 is 10.2 Å². The van der Waals surface area contributed by atoms with Crippen molar-refractivity contribution in [2.45, 2.75) is 53.1 Å². The summed E-state index contributed by atoms with van der Waals surface area (Å²) >= 11 is 1.63. The third-order valence-corrected chi connectivity index (χ3v) is 9.05. The van der Waals surface area contributed by atoms with Crippen LogP contribution in [0.3, 0.4) is 0 Å². The van der Waals surface area contributed by atoms with E-state index in [2.05, 4.69) is 36.1 Å². The number of pyridine rings is 1. The lowest BCUT2D eigenvalue weighted by Gasteiger charge is -2.43. The molecule has 4 aromatic heterocycles. The topological polar surface area (TPSA) is 99.0 Å². The molecule has 5 rings (SSSR count). The molecule has 2 unspecified atom stereocenters. The number of thiophene rings is 1. The predicted molar refractivity (Wildman–Crippen MR) is 168 cm³/mol. The maximum atomic E-state index is 13.6. The molecule has 4 aromatic rings. The molecule has 1 saturated heterocycles. The number of aromatic nitrogens is 4. The zero-order valence-electron chi connectivity index (χ0n) is 25.1. The van der Waals surface area contributed by atoms with Gasteiger partial charge in [-0.25, -0.2) is 14.5 Å². The number of likely N-dealkylation sites (N-methyl/N-ethyl adjacent to an activating group) is 2. The normalized spacial score (nSPS) is 15.6. The molecule has 0 aliphatic carbocycles. The summed E-state index contributed by atoms with van der Waals surface area (Å²) in [6, 6.07) is 9.50. The van der Waals surface area contributed by atoms with Crippen LogP contribution >= 0.6 is 11.3 Å². The molecule has 0 radical (unpaired) electrons. The molecule has 1 aliphatic heterocycles. The van der Waals surface area contributed by atoms with E-state index in [4.69, 9.17) is 9.97 Å². The number of nitrogens with zero attached hydrogens (tertiary/aromatic N) is 7. The highest BCUT2D eigenvalue weighted by molar-refractivity contribution is 7.13. The Morgan fingerprint density at radius 3 is 2.50 bits per heavy atom. The van der Waals surface area contributed by atoms with E-state index < -0.39 is 0 Å². The van der Waals surface area contributed by atoms with Gasteiger partial charge in [0.25, 0.3) is 5.91 Å². The van der Waals surface area contributed by atoms with Crippen molar-refractivity contribution in [3.8, 4) is 21.8 Å². The first-order valence-corrected chi connectivity index (χ1v) is 15.7. The number of hydrogen-bond acceptors (Lipinski definition) is 8. The van der Waals surface area contributed by atoms with Gasteiger partial charge in [0.2, 0.25) is 5.91 Å². The average molecular weight is 589 g/mol. The zero-order chi connectivity index (χ0) is 29.8. The molecule has 11 heteroatoms. The second kappa shape index (κ2) is 13.0. The third kappa shape index (κ3) is 5.89. The first kappa shape index (κ1) is 29.7. The van der Waals surface area contributed by atoms with E-state index in [1.807, 2.05) is 53.4 Å². The monoisotopic (exact) mass is 588 g/mol. The molecule has 2 atom stereocenters. The molecule has 0 saturated carbocycles. The summed E-state index contributed by atoms with van der Waals surface area (Å²) in [6.07, 6.45) is 4.39. The number of hydrogen-bond donors (Lipinski definition) is 1. The Labute approximate surface area is 251 Å². The Hall–Kier alpha value is -3.83. The van der Waals surface area contributed by atoms with E-state index in [0.717, 1.165) is 35.6 Å². The summed E-state index contributed by atoms with van der Waals surface area (Å²) in [5.74, 6) is 0.533. The fourth-order valence-corrected chi connectivity index (χ4v) is 6.22. The SMILES string of the molecule is CCN(CC)C(=O)C1CCN1c1cc(C(=O)NCC(C)N(CC)CC)cc(-c2cnn3ccc(-c4cccs4)nc23)n1. The lowest BCUT2D eigenvalue weighted by molar-refractivity contribution is -0.133. The molecule has 10 nitrogen and oxygen atoms in total. The van der Waals surface area contributed by atoms with Crippen molar-refractivity contribution < 1.29 is 9.59 Å². The minimum Gasteiger partial charge on any atom is -0.350 e. The molecule has 1 fully saturated rings. The Kier molecular flexibility index (Phi) is 9.18. The van der Waals surface area contributed by atoms with Crippen molar-refractivity contribution in [1.82, 2.24) is 34.7 Å². The van der Waals surface area contributed by atoms with Crippen molar-refractivity contribution in [2.24, 2.45) is 0 Å². The minimum atomic E-state index is -0.293. The van der Waals surface area contributed by atoms with Crippen molar-refractivity contribution >= 4 is 34.6 Å². The summed E-state index contributed by atoms with van der Waals surface area (Å²) < 4.78 is 1.72. The van der Waals surface area contributed by atoms with Crippen LogP contribution in [0.4, 0.5) is 5.82 Å². The van der Waals surface area contributed by atoms with Gasteiger partial charge in [-0.05, 0) is 69.9 Å².